The van der Waals surface area contributed by atoms with Gasteiger partial charge in [-0.2, -0.15) is 0 Å². The number of para-hydroxylation sites is 1. The number of rotatable bonds is 9. The van der Waals surface area contributed by atoms with Crippen LogP contribution in [0.4, 0.5) is 11.4 Å². The van der Waals surface area contributed by atoms with Gasteiger partial charge in [-0.15, -0.1) is 0 Å². The fourth-order valence-electron chi connectivity index (χ4n) is 4.32. The molecule has 7 nitrogen and oxygen atoms in total. The highest BCUT2D eigenvalue weighted by molar-refractivity contribution is 5.80. The van der Waals surface area contributed by atoms with Gasteiger partial charge in [-0.05, 0) is 73.1 Å². The third-order valence-electron chi connectivity index (χ3n) is 5.81. The number of carbonyl (C=O) groups is 2. The normalized spacial score (nSPS) is 14.7. The van der Waals surface area contributed by atoms with Crippen LogP contribution < -0.4 is 15.2 Å². The largest absolute Gasteiger partial charge is 0.482 e. The number of carbonyl (C=O) groups excluding carboxylic acids is 1. The molecule has 1 amide bonds. The van der Waals surface area contributed by atoms with Gasteiger partial charge < -0.3 is 9.84 Å². The molecular formula is C26H27N3O4. The molecule has 1 unspecified atom stereocenters. The van der Waals surface area contributed by atoms with Crippen LogP contribution in [0.2, 0.25) is 0 Å². The van der Waals surface area contributed by atoms with Crippen LogP contribution in [0.15, 0.2) is 73.1 Å². The number of fused-ring (bicyclic) bond motifs is 1. The zero-order valence-electron chi connectivity index (χ0n) is 18.3. The van der Waals surface area contributed by atoms with Crippen LogP contribution in [0, 0.1) is 0 Å². The fraction of sp³-hybridized carbons (Fsp3) is 0.269. The van der Waals surface area contributed by atoms with Crippen LogP contribution in [-0.2, 0) is 16.0 Å². The second kappa shape index (κ2) is 10.6. The van der Waals surface area contributed by atoms with Gasteiger partial charge in [0.25, 0.3) is 0 Å². The lowest BCUT2D eigenvalue weighted by Crippen LogP contribution is -2.39. The van der Waals surface area contributed by atoms with Crippen molar-refractivity contribution in [3.05, 3.63) is 84.2 Å². The molecule has 2 N–H and O–H groups in total. The fourth-order valence-corrected chi connectivity index (χ4v) is 4.32. The van der Waals surface area contributed by atoms with Gasteiger partial charge in [0.1, 0.15) is 5.75 Å². The summed E-state index contributed by atoms with van der Waals surface area (Å²) in [5, 5.41) is 10.7. The maximum Gasteiger partial charge on any atom is 0.341 e. The zero-order chi connectivity index (χ0) is 23.0. The number of hydrogen-bond donors (Lipinski definition) is 2. The number of nitrogens with one attached hydrogen (secondary N) is 1. The Kier molecular flexibility index (Phi) is 7.19. The Hall–Kier alpha value is -3.87. The van der Waals surface area contributed by atoms with Gasteiger partial charge in [0.05, 0.1) is 17.6 Å². The van der Waals surface area contributed by atoms with Crippen molar-refractivity contribution >= 4 is 23.3 Å². The molecular weight excluding hydrogens is 418 g/mol. The molecule has 1 heterocycles. The standard InChI is InChI=1S/C26H27N3O4/c30-25(28-29(20-8-2-1-3-9-20)21-10-6-16-27-17-21)15-14-19-7-4-12-23-22(19)11-5-13-24(23)33-18-26(31)32/h1-3,5-6,8-11,13,16-17,19H,4,7,12,14-15,18H2,(H,28,30)(H,31,32). The molecule has 33 heavy (non-hydrogen) atoms. The first-order valence-corrected chi connectivity index (χ1v) is 11.1. The molecule has 7 heteroatoms. The molecule has 0 spiro atoms. The summed E-state index contributed by atoms with van der Waals surface area (Å²) in [4.78, 5) is 28.0. The molecule has 0 saturated carbocycles. The highest BCUT2D eigenvalue weighted by Crippen LogP contribution is 2.39. The van der Waals surface area contributed by atoms with Crippen molar-refractivity contribution in [1.82, 2.24) is 10.4 Å². The van der Waals surface area contributed by atoms with Crippen LogP contribution >= 0.6 is 0 Å². The summed E-state index contributed by atoms with van der Waals surface area (Å²) in [5.41, 5.74) is 6.87. The van der Waals surface area contributed by atoms with Crippen molar-refractivity contribution in [2.75, 3.05) is 11.6 Å². The number of amides is 1. The maximum absolute atomic E-state index is 12.9. The first-order valence-electron chi connectivity index (χ1n) is 11.1. The van der Waals surface area contributed by atoms with E-state index in [1.165, 1.54) is 0 Å². The van der Waals surface area contributed by atoms with Gasteiger partial charge in [-0.25, -0.2) is 4.79 Å². The van der Waals surface area contributed by atoms with Gasteiger partial charge >= 0.3 is 5.97 Å². The first-order chi connectivity index (χ1) is 16.1. The van der Waals surface area contributed by atoms with E-state index in [9.17, 15) is 9.59 Å². The van der Waals surface area contributed by atoms with E-state index in [0.29, 0.717) is 18.6 Å². The average Bonchev–Trinajstić information content (AvgIpc) is 2.85. The third kappa shape index (κ3) is 5.68. The number of ether oxygens (including phenoxy) is 1. The monoisotopic (exact) mass is 445 g/mol. The molecule has 4 rings (SSSR count). The summed E-state index contributed by atoms with van der Waals surface area (Å²) in [5.74, 6) is -0.200. The summed E-state index contributed by atoms with van der Waals surface area (Å²) in [7, 11) is 0. The summed E-state index contributed by atoms with van der Waals surface area (Å²) in [6.07, 6.45) is 7.32. The van der Waals surface area contributed by atoms with E-state index in [1.54, 1.807) is 17.4 Å². The summed E-state index contributed by atoms with van der Waals surface area (Å²) in [6, 6.07) is 19.2. The molecule has 1 aliphatic rings. The molecule has 0 saturated heterocycles. The molecule has 1 aliphatic carbocycles. The molecule has 1 aromatic heterocycles. The Bertz CT molecular complexity index is 1050. The topological polar surface area (TPSA) is 91.8 Å². The van der Waals surface area contributed by atoms with Crippen molar-refractivity contribution in [3.63, 3.8) is 0 Å². The van der Waals surface area contributed by atoms with Crippen LogP contribution in [0.5, 0.6) is 5.75 Å². The minimum absolute atomic E-state index is 0.0758. The Morgan fingerprint density at radius 2 is 1.88 bits per heavy atom. The predicted molar refractivity (Wildman–Crippen MR) is 125 cm³/mol. The predicted octanol–water partition coefficient (Wildman–Crippen LogP) is 4.61. The first kappa shape index (κ1) is 22.3. The van der Waals surface area contributed by atoms with Crippen molar-refractivity contribution in [1.29, 1.82) is 0 Å². The van der Waals surface area contributed by atoms with Gasteiger partial charge in [0.15, 0.2) is 6.61 Å². The zero-order valence-corrected chi connectivity index (χ0v) is 18.3. The lowest BCUT2D eigenvalue weighted by molar-refractivity contribution is -0.139. The highest BCUT2D eigenvalue weighted by atomic mass is 16.5. The Balaban J connectivity index is 1.44. The number of pyridine rings is 1. The van der Waals surface area contributed by atoms with E-state index >= 15 is 0 Å². The van der Waals surface area contributed by atoms with Gasteiger partial charge in [-0.3, -0.25) is 20.2 Å². The number of aromatic nitrogens is 1. The smallest absolute Gasteiger partial charge is 0.341 e. The number of carboxylic acid groups (broad SMARTS) is 1. The van der Waals surface area contributed by atoms with E-state index in [0.717, 1.165) is 41.8 Å². The lowest BCUT2D eigenvalue weighted by atomic mass is 9.80. The van der Waals surface area contributed by atoms with Crippen molar-refractivity contribution < 1.29 is 19.4 Å². The molecule has 0 radical (unpaired) electrons. The lowest BCUT2D eigenvalue weighted by Gasteiger charge is -2.28. The number of hydrogen-bond acceptors (Lipinski definition) is 5. The molecule has 0 fully saturated rings. The number of carboxylic acids is 1. The summed E-state index contributed by atoms with van der Waals surface area (Å²) < 4.78 is 5.50. The van der Waals surface area contributed by atoms with Crippen LogP contribution in [0.25, 0.3) is 0 Å². The number of benzene rings is 2. The van der Waals surface area contributed by atoms with E-state index in [1.807, 2.05) is 54.6 Å². The van der Waals surface area contributed by atoms with Crippen LogP contribution in [0.3, 0.4) is 0 Å². The maximum atomic E-state index is 12.9. The van der Waals surface area contributed by atoms with E-state index in [2.05, 4.69) is 16.5 Å². The second-order valence-electron chi connectivity index (χ2n) is 8.05. The van der Waals surface area contributed by atoms with Crippen molar-refractivity contribution in [2.24, 2.45) is 0 Å². The van der Waals surface area contributed by atoms with Gasteiger partial charge in [-0.1, -0.05) is 30.3 Å². The van der Waals surface area contributed by atoms with Crippen LogP contribution in [0.1, 0.15) is 42.7 Å². The van der Waals surface area contributed by atoms with E-state index in [4.69, 9.17) is 9.84 Å². The SMILES string of the molecule is O=C(O)COc1cccc2c1CCCC2CCC(=O)NN(c1ccccc1)c1cccnc1. The molecule has 2 aromatic carbocycles. The Morgan fingerprint density at radius 1 is 1.06 bits per heavy atom. The molecule has 0 aliphatic heterocycles. The molecule has 170 valence electrons. The quantitative estimate of drug-likeness (QED) is 0.467. The number of hydrazine groups is 1. The number of nitrogens with zero attached hydrogens (tertiary/aromatic N) is 2. The summed E-state index contributed by atoms with van der Waals surface area (Å²) >= 11 is 0. The van der Waals surface area contributed by atoms with Crippen molar-refractivity contribution in [2.45, 2.75) is 38.0 Å². The van der Waals surface area contributed by atoms with E-state index < -0.39 is 5.97 Å². The van der Waals surface area contributed by atoms with Gasteiger partial charge in [0.2, 0.25) is 5.91 Å². The van der Waals surface area contributed by atoms with Gasteiger partial charge in [0, 0.05) is 12.6 Å². The highest BCUT2D eigenvalue weighted by Gasteiger charge is 2.24. The minimum atomic E-state index is -0.992. The minimum Gasteiger partial charge on any atom is -0.482 e. The van der Waals surface area contributed by atoms with Crippen molar-refractivity contribution in [3.8, 4) is 5.75 Å². The van der Waals surface area contributed by atoms with E-state index in [-0.39, 0.29) is 18.4 Å². The second-order valence-corrected chi connectivity index (χ2v) is 8.05. The third-order valence-corrected chi connectivity index (χ3v) is 5.81. The Morgan fingerprint density at radius 3 is 2.64 bits per heavy atom. The number of anilines is 2. The molecule has 3 aromatic rings. The Labute approximate surface area is 193 Å². The number of aliphatic carboxylic acids is 1. The molecule has 0 bridgehead atoms. The average molecular weight is 446 g/mol. The summed E-state index contributed by atoms with van der Waals surface area (Å²) in [6.45, 7) is -0.354. The van der Waals surface area contributed by atoms with Crippen LogP contribution in [-0.4, -0.2) is 28.6 Å². The molecule has 1 atom stereocenters.